The lowest BCUT2D eigenvalue weighted by atomic mass is 10.2. The van der Waals surface area contributed by atoms with E-state index < -0.39 is 5.91 Å². The summed E-state index contributed by atoms with van der Waals surface area (Å²) in [5.41, 5.74) is 0.394. The van der Waals surface area contributed by atoms with E-state index in [0.717, 1.165) is 0 Å². The zero-order valence-electron chi connectivity index (χ0n) is 10.1. The van der Waals surface area contributed by atoms with Crippen LogP contribution in [0.5, 0.6) is 0 Å². The van der Waals surface area contributed by atoms with Gasteiger partial charge in [0.2, 0.25) is 0 Å². The lowest BCUT2D eigenvalue weighted by Crippen LogP contribution is -2.13. The van der Waals surface area contributed by atoms with Crippen LogP contribution in [0.1, 0.15) is 5.76 Å². The van der Waals surface area contributed by atoms with Crippen molar-refractivity contribution in [2.45, 2.75) is 0 Å². The highest BCUT2D eigenvalue weighted by Crippen LogP contribution is 2.21. The van der Waals surface area contributed by atoms with Gasteiger partial charge in [-0.3, -0.25) is 4.79 Å². The minimum atomic E-state index is -0.535. The Morgan fingerprint density at radius 2 is 2.10 bits per heavy atom. The highest BCUT2D eigenvalue weighted by molar-refractivity contribution is 14.1. The lowest BCUT2D eigenvalue weighted by molar-refractivity contribution is -0.112. The van der Waals surface area contributed by atoms with E-state index in [1.165, 1.54) is 6.08 Å². The molecule has 0 spiro atoms. The molecular formula is C14H8ClIN2O2. The molecule has 0 fully saturated rings. The molecule has 1 amide bonds. The smallest absolute Gasteiger partial charge is 0.266 e. The second-order valence-corrected chi connectivity index (χ2v) is 5.22. The van der Waals surface area contributed by atoms with Crippen LogP contribution in [0.25, 0.3) is 6.08 Å². The monoisotopic (exact) mass is 398 g/mol. The van der Waals surface area contributed by atoms with Crippen molar-refractivity contribution >= 4 is 51.9 Å². The first-order valence-corrected chi connectivity index (χ1v) is 6.99. The van der Waals surface area contributed by atoms with E-state index in [-0.39, 0.29) is 5.57 Å². The van der Waals surface area contributed by atoms with Gasteiger partial charge in [0.05, 0.1) is 10.7 Å². The van der Waals surface area contributed by atoms with Crippen molar-refractivity contribution in [2.24, 2.45) is 0 Å². The molecular weight excluding hydrogens is 391 g/mol. The number of benzene rings is 1. The van der Waals surface area contributed by atoms with Crippen LogP contribution in [0.3, 0.4) is 0 Å². The van der Waals surface area contributed by atoms with Crippen molar-refractivity contribution in [3.8, 4) is 6.07 Å². The molecule has 2 rings (SSSR count). The Morgan fingerprint density at radius 3 is 2.70 bits per heavy atom. The highest BCUT2D eigenvalue weighted by atomic mass is 127. The first-order chi connectivity index (χ1) is 9.60. The zero-order valence-corrected chi connectivity index (χ0v) is 13.0. The van der Waals surface area contributed by atoms with Gasteiger partial charge in [-0.2, -0.15) is 5.26 Å². The van der Waals surface area contributed by atoms with Gasteiger partial charge in [-0.25, -0.2) is 0 Å². The summed E-state index contributed by atoms with van der Waals surface area (Å²) in [7, 11) is 0. The van der Waals surface area contributed by atoms with Crippen LogP contribution in [0.2, 0.25) is 5.02 Å². The van der Waals surface area contributed by atoms with Crippen LogP contribution in [0.15, 0.2) is 46.4 Å². The summed E-state index contributed by atoms with van der Waals surface area (Å²) in [6.07, 6.45) is 1.38. The molecule has 0 saturated carbocycles. The summed E-state index contributed by atoms with van der Waals surface area (Å²) < 4.78 is 5.97. The molecule has 1 aromatic heterocycles. The van der Waals surface area contributed by atoms with Gasteiger partial charge in [0.15, 0.2) is 3.77 Å². The standard InChI is InChI=1S/C14H8ClIN2O2/c15-11-3-1-2-4-12(11)18-14(19)9(8-17)7-10-5-6-13(16)20-10/h1-7H,(H,18,19). The number of hydrogen-bond donors (Lipinski definition) is 1. The van der Waals surface area contributed by atoms with E-state index in [1.807, 2.05) is 28.7 Å². The topological polar surface area (TPSA) is 66.0 Å². The molecule has 2 aromatic rings. The third kappa shape index (κ3) is 3.62. The molecule has 0 atom stereocenters. The fourth-order valence-electron chi connectivity index (χ4n) is 1.45. The van der Waals surface area contributed by atoms with E-state index >= 15 is 0 Å². The number of anilines is 1. The maximum absolute atomic E-state index is 12.0. The number of rotatable bonds is 3. The Morgan fingerprint density at radius 1 is 1.35 bits per heavy atom. The Hall–Kier alpha value is -1.78. The van der Waals surface area contributed by atoms with Crippen LogP contribution >= 0.6 is 34.2 Å². The SMILES string of the molecule is N#CC(=Cc1ccc(I)o1)C(=O)Nc1ccccc1Cl. The molecule has 1 aromatic carbocycles. The predicted octanol–water partition coefficient (Wildman–Crippen LogP) is 4.08. The number of nitrogens with one attached hydrogen (secondary N) is 1. The van der Waals surface area contributed by atoms with Crippen molar-refractivity contribution in [1.29, 1.82) is 5.26 Å². The van der Waals surface area contributed by atoms with Crippen LogP contribution in [-0.2, 0) is 4.79 Å². The molecule has 0 aliphatic heterocycles. The van der Waals surface area contributed by atoms with E-state index in [2.05, 4.69) is 5.32 Å². The Balaban J connectivity index is 2.21. The largest absolute Gasteiger partial charge is 0.451 e. The van der Waals surface area contributed by atoms with Crippen molar-refractivity contribution in [1.82, 2.24) is 0 Å². The van der Waals surface area contributed by atoms with E-state index in [9.17, 15) is 4.79 Å². The van der Waals surface area contributed by atoms with Gasteiger partial charge >= 0.3 is 0 Å². The van der Waals surface area contributed by atoms with Crippen LogP contribution in [0.4, 0.5) is 5.69 Å². The Bertz CT molecular complexity index is 716. The van der Waals surface area contributed by atoms with Crippen molar-refractivity contribution in [3.05, 3.63) is 56.5 Å². The molecule has 0 aliphatic rings. The number of carbonyl (C=O) groups is 1. The molecule has 20 heavy (non-hydrogen) atoms. The molecule has 1 heterocycles. The summed E-state index contributed by atoms with van der Waals surface area (Å²) >= 11 is 7.95. The maximum Gasteiger partial charge on any atom is 0.266 e. The molecule has 0 radical (unpaired) electrons. The number of furan rings is 1. The first-order valence-electron chi connectivity index (χ1n) is 5.53. The number of carbonyl (C=O) groups excluding carboxylic acids is 1. The van der Waals surface area contributed by atoms with Gasteiger partial charge in [0.25, 0.3) is 5.91 Å². The minimum Gasteiger partial charge on any atom is -0.451 e. The lowest BCUT2D eigenvalue weighted by Gasteiger charge is -2.05. The van der Waals surface area contributed by atoms with Gasteiger partial charge in [0.1, 0.15) is 17.4 Å². The fourth-order valence-corrected chi connectivity index (χ4v) is 2.07. The van der Waals surface area contributed by atoms with Crippen LogP contribution in [-0.4, -0.2) is 5.91 Å². The molecule has 4 nitrogen and oxygen atoms in total. The Kier molecular flexibility index (Phi) is 4.82. The molecule has 1 N–H and O–H groups in total. The number of amides is 1. The summed E-state index contributed by atoms with van der Waals surface area (Å²) in [5.74, 6) is -0.0905. The average molecular weight is 399 g/mol. The van der Waals surface area contributed by atoms with E-state index in [4.69, 9.17) is 21.3 Å². The number of para-hydroxylation sites is 1. The van der Waals surface area contributed by atoms with Crippen molar-refractivity contribution < 1.29 is 9.21 Å². The molecule has 0 aliphatic carbocycles. The summed E-state index contributed by atoms with van der Waals surface area (Å²) in [4.78, 5) is 12.0. The first kappa shape index (κ1) is 14.6. The van der Waals surface area contributed by atoms with Gasteiger partial charge in [0, 0.05) is 6.08 Å². The normalized spacial score (nSPS) is 10.9. The van der Waals surface area contributed by atoms with E-state index in [1.54, 1.807) is 36.4 Å². The van der Waals surface area contributed by atoms with Gasteiger partial charge in [-0.15, -0.1) is 0 Å². The number of nitriles is 1. The summed E-state index contributed by atoms with van der Waals surface area (Å²) in [5, 5.41) is 12.0. The third-order valence-electron chi connectivity index (χ3n) is 2.37. The molecule has 100 valence electrons. The zero-order chi connectivity index (χ0) is 14.5. The minimum absolute atomic E-state index is 0.0596. The average Bonchev–Trinajstić information content (AvgIpc) is 2.84. The molecule has 0 saturated heterocycles. The number of hydrogen-bond acceptors (Lipinski definition) is 3. The van der Waals surface area contributed by atoms with E-state index in [0.29, 0.717) is 20.2 Å². The second-order valence-electron chi connectivity index (χ2n) is 3.75. The Labute approximate surface area is 134 Å². The van der Waals surface area contributed by atoms with Crippen LogP contribution in [0, 0.1) is 15.1 Å². The maximum atomic E-state index is 12.0. The van der Waals surface area contributed by atoms with Gasteiger partial charge in [-0.1, -0.05) is 23.7 Å². The van der Waals surface area contributed by atoms with Crippen molar-refractivity contribution in [3.63, 3.8) is 0 Å². The second kappa shape index (κ2) is 6.59. The summed E-state index contributed by atoms with van der Waals surface area (Å²) in [6, 6.07) is 12.1. The summed E-state index contributed by atoms with van der Waals surface area (Å²) in [6.45, 7) is 0. The highest BCUT2D eigenvalue weighted by Gasteiger charge is 2.12. The predicted molar refractivity (Wildman–Crippen MR) is 85.1 cm³/mol. The fraction of sp³-hybridized carbons (Fsp3) is 0. The third-order valence-corrected chi connectivity index (χ3v) is 3.28. The van der Waals surface area contributed by atoms with Crippen LogP contribution < -0.4 is 5.32 Å². The van der Waals surface area contributed by atoms with Crippen molar-refractivity contribution in [2.75, 3.05) is 5.32 Å². The number of halogens is 2. The molecule has 6 heteroatoms. The quantitative estimate of drug-likeness (QED) is 0.481. The van der Waals surface area contributed by atoms with Gasteiger partial charge in [-0.05, 0) is 46.9 Å². The molecule has 0 bridgehead atoms. The number of nitrogens with zero attached hydrogens (tertiary/aromatic N) is 1. The molecule has 0 unspecified atom stereocenters. The van der Waals surface area contributed by atoms with Gasteiger partial charge < -0.3 is 9.73 Å².